The van der Waals surface area contributed by atoms with Crippen LogP contribution in [0.4, 0.5) is 8.78 Å². The predicted molar refractivity (Wildman–Crippen MR) is 150 cm³/mol. The van der Waals surface area contributed by atoms with Crippen molar-refractivity contribution in [2.75, 3.05) is 27.3 Å². The lowest BCUT2D eigenvalue weighted by atomic mass is 9.98. The molecule has 10 heteroatoms. The van der Waals surface area contributed by atoms with Crippen LogP contribution < -0.4 is 25.6 Å². The third-order valence-corrected chi connectivity index (χ3v) is 7.60. The van der Waals surface area contributed by atoms with Gasteiger partial charge in [-0.25, -0.2) is 13.8 Å². The highest BCUT2D eigenvalue weighted by Crippen LogP contribution is 2.35. The van der Waals surface area contributed by atoms with Crippen molar-refractivity contribution in [2.24, 2.45) is 0 Å². The average Bonchev–Trinajstić information content (AvgIpc) is 3.43. The lowest BCUT2D eigenvalue weighted by Gasteiger charge is -2.21. The van der Waals surface area contributed by atoms with Crippen molar-refractivity contribution in [2.45, 2.75) is 25.2 Å². The molecule has 5 rings (SSSR count). The minimum absolute atomic E-state index is 0.0839. The van der Waals surface area contributed by atoms with Crippen molar-refractivity contribution >= 4 is 29.6 Å². The predicted octanol–water partition coefficient (Wildman–Crippen LogP) is 4.35. The summed E-state index contributed by atoms with van der Waals surface area (Å²) in [5.41, 5.74) is 0.849. The fourth-order valence-electron chi connectivity index (χ4n) is 5.26. The first-order valence-electron chi connectivity index (χ1n) is 12.8. The molecule has 7 nitrogen and oxygen atoms in total. The molecule has 208 valence electrons. The zero-order valence-electron chi connectivity index (χ0n) is 22.1. The van der Waals surface area contributed by atoms with Crippen molar-refractivity contribution in [3.63, 3.8) is 0 Å². The number of para-hydroxylation sites is 1. The summed E-state index contributed by atoms with van der Waals surface area (Å²) in [7, 11) is 2.97. The molecule has 1 aromatic heterocycles. The Hall–Kier alpha value is -4.11. The van der Waals surface area contributed by atoms with Crippen LogP contribution in [0.3, 0.4) is 0 Å². The van der Waals surface area contributed by atoms with E-state index in [2.05, 4.69) is 6.58 Å². The molecule has 0 amide bonds. The van der Waals surface area contributed by atoms with Gasteiger partial charge in [-0.05, 0) is 54.7 Å². The van der Waals surface area contributed by atoms with Gasteiger partial charge in [0, 0.05) is 30.1 Å². The molecule has 3 aromatic rings. The number of benzene rings is 2. The average molecular weight is 568 g/mol. The molecule has 1 atom stereocenters. The molecule has 0 spiro atoms. The minimum Gasteiger partial charge on any atom is -0.494 e. The number of aliphatic hydroxyl groups is 1. The minimum atomic E-state index is -0.656. The topological polar surface area (TPSA) is 76.8 Å². The maximum atomic E-state index is 14.5. The summed E-state index contributed by atoms with van der Waals surface area (Å²) in [5.74, 6) is -0.866. The Kier molecular flexibility index (Phi) is 7.67. The summed E-state index contributed by atoms with van der Waals surface area (Å²) in [6, 6.07) is 8.61. The number of hydrogen-bond donors (Lipinski definition) is 1. The number of aliphatic hydroxyl groups excluding tert-OH is 1. The third-order valence-electron chi connectivity index (χ3n) is 7.28. The van der Waals surface area contributed by atoms with Gasteiger partial charge in [0.05, 0.1) is 19.6 Å². The van der Waals surface area contributed by atoms with Crippen LogP contribution in [0, 0.1) is 11.6 Å². The molecule has 2 aromatic carbocycles. The van der Waals surface area contributed by atoms with E-state index < -0.39 is 17.2 Å². The molecule has 1 fully saturated rings. The molecule has 0 bridgehead atoms. The van der Waals surface area contributed by atoms with Crippen LogP contribution >= 0.6 is 11.6 Å². The van der Waals surface area contributed by atoms with Crippen LogP contribution in [0.5, 0.6) is 11.5 Å². The highest BCUT2D eigenvalue weighted by molar-refractivity contribution is 6.29. The summed E-state index contributed by atoms with van der Waals surface area (Å²) < 4.78 is 40.5. The van der Waals surface area contributed by atoms with Gasteiger partial charge in [0.2, 0.25) is 5.88 Å². The van der Waals surface area contributed by atoms with Crippen LogP contribution in [0.25, 0.3) is 23.7 Å². The van der Waals surface area contributed by atoms with Crippen LogP contribution in [0.2, 0.25) is 0 Å². The summed E-state index contributed by atoms with van der Waals surface area (Å²) in [6.45, 7) is 4.57. The zero-order chi connectivity index (χ0) is 28.6. The quantitative estimate of drug-likeness (QED) is 0.477. The smallest absolute Gasteiger partial charge is 0.271 e. The largest absolute Gasteiger partial charge is 0.494 e. The Morgan fingerprint density at radius 1 is 1.12 bits per heavy atom. The van der Waals surface area contributed by atoms with E-state index in [1.807, 2.05) is 0 Å². The second-order valence-electron chi connectivity index (χ2n) is 9.64. The summed E-state index contributed by atoms with van der Waals surface area (Å²) in [6.07, 6.45) is 5.17. The van der Waals surface area contributed by atoms with Crippen molar-refractivity contribution in [3.05, 3.63) is 97.5 Å². The highest BCUT2D eigenvalue weighted by Gasteiger charge is 2.29. The molecule has 1 unspecified atom stereocenters. The van der Waals surface area contributed by atoms with Crippen molar-refractivity contribution in [1.29, 1.82) is 0 Å². The third kappa shape index (κ3) is 4.97. The van der Waals surface area contributed by atoms with Gasteiger partial charge in [0.15, 0.2) is 0 Å². The second-order valence-corrected chi connectivity index (χ2v) is 10.1. The first-order chi connectivity index (χ1) is 19.2. The Morgan fingerprint density at radius 2 is 1.85 bits per heavy atom. The molecule has 40 heavy (non-hydrogen) atoms. The van der Waals surface area contributed by atoms with E-state index in [1.165, 1.54) is 30.9 Å². The maximum Gasteiger partial charge on any atom is 0.271 e. The molecule has 0 saturated carbocycles. The molecule has 1 aliphatic heterocycles. The van der Waals surface area contributed by atoms with Crippen LogP contribution in [-0.2, 0) is 0 Å². The van der Waals surface area contributed by atoms with Crippen LogP contribution in [-0.4, -0.2) is 46.9 Å². The molecule has 2 aliphatic rings. The highest BCUT2D eigenvalue weighted by atomic mass is 35.5. The van der Waals surface area contributed by atoms with E-state index in [0.29, 0.717) is 59.4 Å². The van der Waals surface area contributed by atoms with Gasteiger partial charge >= 0.3 is 0 Å². The zero-order valence-corrected chi connectivity index (χ0v) is 22.8. The number of methoxy groups -OCH3 is 2. The van der Waals surface area contributed by atoms with Crippen LogP contribution in [0.1, 0.15) is 36.6 Å². The number of halogens is 3. The molecule has 0 radical (unpaired) electrons. The van der Waals surface area contributed by atoms with Crippen LogP contribution in [0.15, 0.2) is 58.4 Å². The van der Waals surface area contributed by atoms with Gasteiger partial charge in [0.1, 0.15) is 39.9 Å². The van der Waals surface area contributed by atoms with Crippen molar-refractivity contribution in [3.8, 4) is 17.2 Å². The van der Waals surface area contributed by atoms with Gasteiger partial charge in [0.25, 0.3) is 5.56 Å². The first-order valence-corrected chi connectivity index (χ1v) is 13.1. The van der Waals surface area contributed by atoms with Crippen molar-refractivity contribution < 1.29 is 23.4 Å². The number of aromatic nitrogens is 2. The maximum absolute atomic E-state index is 14.5. The fraction of sp³-hybridized carbons (Fsp3) is 0.267. The second kappa shape index (κ2) is 11.2. The van der Waals surface area contributed by atoms with E-state index in [9.17, 15) is 18.7 Å². The summed E-state index contributed by atoms with van der Waals surface area (Å²) >= 11 is 6.19. The van der Waals surface area contributed by atoms with Gasteiger partial charge in [-0.3, -0.25) is 9.36 Å². The Balaban J connectivity index is 1.71. The van der Waals surface area contributed by atoms with E-state index in [0.717, 1.165) is 11.6 Å². The number of allylic oxidation sites excluding steroid dienone is 4. The van der Waals surface area contributed by atoms with E-state index in [-0.39, 0.29) is 28.9 Å². The number of rotatable bonds is 6. The Bertz CT molecular complexity index is 1690. The SMILES string of the molecule is C=c1nc(C2=CC=C(Cl)CC2)n(-c2c(OC)cccc2OC)c(=O)c1=C(O)N1CCC(c2ccc(F)cc2F)C1. The van der Waals surface area contributed by atoms with Gasteiger partial charge in [-0.15, -0.1) is 0 Å². The summed E-state index contributed by atoms with van der Waals surface area (Å²) in [4.78, 5) is 20.6. The van der Waals surface area contributed by atoms with E-state index in [4.69, 9.17) is 26.1 Å². The van der Waals surface area contributed by atoms with Gasteiger partial charge < -0.3 is 19.5 Å². The molecule has 2 heterocycles. The lowest BCUT2D eigenvalue weighted by molar-refractivity contribution is 0.321. The fourth-order valence-corrected chi connectivity index (χ4v) is 5.42. The molecular formula is C30H28ClF2N3O4. The first kappa shape index (κ1) is 27.5. The van der Waals surface area contributed by atoms with Gasteiger partial charge in [-0.1, -0.05) is 36.4 Å². The molecular weight excluding hydrogens is 540 g/mol. The lowest BCUT2D eigenvalue weighted by Crippen LogP contribution is -2.50. The van der Waals surface area contributed by atoms with Gasteiger partial charge in [-0.2, -0.15) is 0 Å². The van der Waals surface area contributed by atoms with E-state index >= 15 is 0 Å². The van der Waals surface area contributed by atoms with E-state index in [1.54, 1.807) is 35.3 Å². The Morgan fingerprint density at radius 3 is 2.48 bits per heavy atom. The number of ether oxygens (including phenoxy) is 2. The number of likely N-dealkylation sites (tertiary alicyclic amines) is 1. The number of hydrogen-bond acceptors (Lipinski definition) is 6. The Labute approximate surface area is 234 Å². The molecule has 1 aliphatic carbocycles. The standard InChI is InChI=1S/C30H28ClF2N3O4/c1-17-26(29(37)35-14-13-19(16-35)22-12-11-21(32)15-23(22)33)30(38)36(27-24(39-2)5-4-6-25(27)40-3)28(34-17)18-7-9-20(31)10-8-18/h4-7,9,11-12,15,19,37H,1,8,10,13-14,16H2,2-3H3. The normalized spacial score (nSPS) is 17.8. The molecule has 1 N–H and O–H groups in total. The monoisotopic (exact) mass is 567 g/mol. The summed E-state index contributed by atoms with van der Waals surface area (Å²) in [5, 5.41) is 12.1. The van der Waals surface area contributed by atoms with Crippen molar-refractivity contribution in [1.82, 2.24) is 14.5 Å². The number of nitrogens with zero attached hydrogens (tertiary/aromatic N) is 3. The molecule has 1 saturated heterocycles.